The van der Waals surface area contributed by atoms with Crippen molar-refractivity contribution in [2.75, 3.05) is 13.7 Å². The maximum Gasteiger partial charge on any atom is 0.251 e. The molecule has 2 aromatic carbocycles. The molecule has 3 aromatic rings. The lowest BCUT2D eigenvalue weighted by molar-refractivity contribution is 0.0952. The predicted octanol–water partition coefficient (Wildman–Crippen LogP) is 3.54. The summed E-state index contributed by atoms with van der Waals surface area (Å²) in [5.74, 6) is 0.488. The highest BCUT2D eigenvalue weighted by Gasteiger charge is 2.32. The van der Waals surface area contributed by atoms with Crippen LogP contribution in [0.3, 0.4) is 0 Å². The van der Waals surface area contributed by atoms with Crippen LogP contribution in [0.4, 0.5) is 0 Å². The lowest BCUT2D eigenvalue weighted by atomic mass is 10.1. The van der Waals surface area contributed by atoms with Gasteiger partial charge in [-0.05, 0) is 55.0 Å². The normalized spacial score (nSPS) is 12.4. The zero-order valence-electron chi connectivity index (χ0n) is 15.6. The number of sulfone groups is 1. The molecule has 28 heavy (non-hydrogen) atoms. The molecule has 1 N–H and O–H groups in total. The molecule has 1 aromatic heterocycles. The second-order valence-corrected chi connectivity index (χ2v) is 8.38. The number of amides is 1. The summed E-state index contributed by atoms with van der Waals surface area (Å²) < 4.78 is 36.8. The van der Waals surface area contributed by atoms with Crippen molar-refractivity contribution in [3.8, 4) is 5.75 Å². The summed E-state index contributed by atoms with van der Waals surface area (Å²) in [7, 11) is -2.29. The van der Waals surface area contributed by atoms with Crippen molar-refractivity contribution < 1.29 is 22.4 Å². The highest BCUT2D eigenvalue weighted by molar-refractivity contribution is 7.91. The fourth-order valence-corrected chi connectivity index (χ4v) is 4.46. The van der Waals surface area contributed by atoms with Gasteiger partial charge < -0.3 is 14.5 Å². The molecule has 0 saturated heterocycles. The van der Waals surface area contributed by atoms with Crippen molar-refractivity contribution in [1.82, 2.24) is 5.32 Å². The summed E-state index contributed by atoms with van der Waals surface area (Å²) in [6, 6.07) is 16.5. The van der Waals surface area contributed by atoms with Crippen LogP contribution in [0.25, 0.3) is 0 Å². The summed E-state index contributed by atoms with van der Waals surface area (Å²) >= 11 is 0. The van der Waals surface area contributed by atoms with Crippen molar-refractivity contribution in [3.63, 3.8) is 0 Å². The average Bonchev–Trinajstić information content (AvgIpc) is 3.22. The number of aryl methyl sites for hydroxylation is 1. The van der Waals surface area contributed by atoms with Gasteiger partial charge in [0.2, 0.25) is 0 Å². The zero-order valence-corrected chi connectivity index (χ0v) is 16.4. The number of carbonyl (C=O) groups is 1. The van der Waals surface area contributed by atoms with Crippen LogP contribution >= 0.6 is 0 Å². The predicted molar refractivity (Wildman–Crippen MR) is 105 cm³/mol. The van der Waals surface area contributed by atoms with Gasteiger partial charge in [-0.3, -0.25) is 4.79 Å². The maximum atomic E-state index is 13.2. The number of hydrogen-bond acceptors (Lipinski definition) is 5. The number of methoxy groups -OCH3 is 1. The van der Waals surface area contributed by atoms with Crippen molar-refractivity contribution in [2.45, 2.75) is 17.1 Å². The summed E-state index contributed by atoms with van der Waals surface area (Å²) in [6.45, 7) is 1.71. The Balaban J connectivity index is 1.87. The van der Waals surface area contributed by atoms with Crippen LogP contribution < -0.4 is 10.1 Å². The lowest BCUT2D eigenvalue weighted by Crippen LogP contribution is -2.32. The smallest absolute Gasteiger partial charge is 0.251 e. The van der Waals surface area contributed by atoms with Crippen LogP contribution in [0.2, 0.25) is 0 Å². The van der Waals surface area contributed by atoms with Crippen LogP contribution in [0.15, 0.2) is 76.2 Å². The molecule has 6 nitrogen and oxygen atoms in total. The van der Waals surface area contributed by atoms with E-state index in [4.69, 9.17) is 9.15 Å². The van der Waals surface area contributed by atoms with Crippen LogP contribution in [0.1, 0.15) is 26.9 Å². The van der Waals surface area contributed by atoms with Crippen molar-refractivity contribution in [1.29, 1.82) is 0 Å². The van der Waals surface area contributed by atoms with Gasteiger partial charge in [-0.25, -0.2) is 8.42 Å². The van der Waals surface area contributed by atoms with Gasteiger partial charge in [-0.1, -0.05) is 18.2 Å². The molecule has 0 aliphatic heterocycles. The molecule has 0 radical (unpaired) electrons. The topological polar surface area (TPSA) is 85.6 Å². The number of furan rings is 1. The van der Waals surface area contributed by atoms with E-state index in [1.807, 2.05) is 19.1 Å². The Morgan fingerprint density at radius 1 is 1.07 bits per heavy atom. The van der Waals surface area contributed by atoms with E-state index < -0.39 is 15.1 Å². The third-order valence-corrected chi connectivity index (χ3v) is 6.54. The lowest BCUT2D eigenvalue weighted by Gasteiger charge is -2.17. The van der Waals surface area contributed by atoms with E-state index in [-0.39, 0.29) is 23.1 Å². The molecule has 7 heteroatoms. The van der Waals surface area contributed by atoms with Gasteiger partial charge in [-0.2, -0.15) is 0 Å². The Hall–Kier alpha value is -3.06. The standard InChI is InChI=1S/C21H21NO5S/c1-15-6-3-4-7-18(15)21(23)22-14-20(19-8-5-13-27-19)28(24,25)17-11-9-16(26-2)10-12-17/h3-13,20H,14H2,1-2H3,(H,22,23)/t20-/m1/s1. The van der Waals surface area contributed by atoms with Crippen LogP contribution in [0.5, 0.6) is 5.75 Å². The van der Waals surface area contributed by atoms with E-state index >= 15 is 0 Å². The highest BCUT2D eigenvalue weighted by atomic mass is 32.2. The molecule has 0 saturated carbocycles. The first-order valence-electron chi connectivity index (χ1n) is 8.68. The molecule has 0 unspecified atom stereocenters. The molecule has 3 rings (SSSR count). The fraction of sp³-hybridized carbons (Fsp3) is 0.190. The largest absolute Gasteiger partial charge is 0.497 e. The molecule has 1 amide bonds. The van der Waals surface area contributed by atoms with E-state index in [0.29, 0.717) is 11.3 Å². The van der Waals surface area contributed by atoms with Crippen LogP contribution in [-0.2, 0) is 9.84 Å². The average molecular weight is 399 g/mol. The van der Waals surface area contributed by atoms with Crippen molar-refractivity contribution in [2.24, 2.45) is 0 Å². The third-order valence-electron chi connectivity index (χ3n) is 4.46. The molecule has 1 heterocycles. The van der Waals surface area contributed by atoms with Crippen LogP contribution in [-0.4, -0.2) is 28.0 Å². The monoisotopic (exact) mass is 399 g/mol. The highest BCUT2D eigenvalue weighted by Crippen LogP contribution is 2.30. The van der Waals surface area contributed by atoms with E-state index in [2.05, 4.69) is 5.32 Å². The number of ether oxygens (including phenoxy) is 1. The Morgan fingerprint density at radius 3 is 2.39 bits per heavy atom. The Morgan fingerprint density at radius 2 is 1.79 bits per heavy atom. The van der Waals surface area contributed by atoms with Gasteiger partial charge in [0.25, 0.3) is 5.91 Å². The Kier molecular flexibility index (Phi) is 5.84. The second kappa shape index (κ2) is 8.31. The van der Waals surface area contributed by atoms with Crippen molar-refractivity contribution >= 4 is 15.7 Å². The number of rotatable bonds is 7. The number of benzene rings is 2. The van der Waals surface area contributed by atoms with E-state index in [0.717, 1.165) is 5.56 Å². The molecular weight excluding hydrogens is 378 g/mol. The minimum atomic E-state index is -3.80. The van der Waals surface area contributed by atoms with Crippen LogP contribution in [0, 0.1) is 6.92 Å². The number of hydrogen-bond donors (Lipinski definition) is 1. The fourth-order valence-electron chi connectivity index (χ4n) is 2.88. The van der Waals surface area contributed by atoms with E-state index in [9.17, 15) is 13.2 Å². The Bertz CT molecular complexity index is 1040. The summed E-state index contributed by atoms with van der Waals surface area (Å²) in [6.07, 6.45) is 1.41. The first-order valence-corrected chi connectivity index (χ1v) is 10.2. The van der Waals surface area contributed by atoms with Gasteiger partial charge >= 0.3 is 0 Å². The van der Waals surface area contributed by atoms with Gasteiger partial charge in [0.1, 0.15) is 16.8 Å². The first-order chi connectivity index (χ1) is 13.4. The minimum absolute atomic E-state index is 0.116. The molecule has 0 fully saturated rings. The molecule has 146 valence electrons. The van der Waals surface area contributed by atoms with Gasteiger partial charge in [0, 0.05) is 12.1 Å². The first kappa shape index (κ1) is 19.7. The molecule has 0 aliphatic carbocycles. The molecule has 0 aliphatic rings. The Labute approximate surface area is 164 Å². The van der Waals surface area contributed by atoms with E-state index in [1.54, 1.807) is 36.4 Å². The van der Waals surface area contributed by atoms with Gasteiger partial charge in [-0.15, -0.1) is 0 Å². The number of carbonyl (C=O) groups excluding carboxylic acids is 1. The van der Waals surface area contributed by atoms with Crippen molar-refractivity contribution in [3.05, 3.63) is 83.8 Å². The molecule has 0 bridgehead atoms. The molecule has 0 spiro atoms. The third kappa shape index (κ3) is 4.09. The second-order valence-electron chi connectivity index (χ2n) is 6.25. The summed E-state index contributed by atoms with van der Waals surface area (Å²) in [4.78, 5) is 12.7. The van der Waals surface area contributed by atoms with Gasteiger partial charge in [0.05, 0.1) is 18.3 Å². The SMILES string of the molecule is COc1ccc(S(=O)(=O)[C@H](CNC(=O)c2ccccc2C)c2ccco2)cc1. The van der Waals surface area contributed by atoms with E-state index in [1.165, 1.54) is 25.5 Å². The summed E-state index contributed by atoms with van der Waals surface area (Å²) in [5, 5.41) is 1.67. The quantitative estimate of drug-likeness (QED) is 0.657. The zero-order chi connectivity index (χ0) is 20.1. The summed E-state index contributed by atoms with van der Waals surface area (Å²) in [5.41, 5.74) is 1.31. The number of nitrogens with one attached hydrogen (secondary N) is 1. The van der Waals surface area contributed by atoms with Gasteiger partial charge in [0.15, 0.2) is 9.84 Å². The molecule has 1 atom stereocenters. The maximum absolute atomic E-state index is 13.2. The molecular formula is C21H21NO5S. The minimum Gasteiger partial charge on any atom is -0.497 e.